The third-order valence-electron chi connectivity index (χ3n) is 6.22. The van der Waals surface area contributed by atoms with E-state index in [2.05, 4.69) is 16.1 Å². The number of alkyl halides is 2. The number of hydrogen-bond donors (Lipinski definition) is 1. The molecule has 0 spiro atoms. The number of nitrogens with two attached hydrogens (primary N) is 1. The molecule has 176 valence electrons. The summed E-state index contributed by atoms with van der Waals surface area (Å²) < 4.78 is 36.7. The Morgan fingerprint density at radius 1 is 1.21 bits per heavy atom. The summed E-state index contributed by atoms with van der Waals surface area (Å²) in [6, 6.07) is 7.96. The number of aryl methyl sites for hydroxylation is 3. The van der Waals surface area contributed by atoms with Crippen molar-refractivity contribution in [1.29, 1.82) is 0 Å². The van der Waals surface area contributed by atoms with Crippen LogP contribution >= 0.6 is 0 Å². The summed E-state index contributed by atoms with van der Waals surface area (Å²) in [5.41, 5.74) is 13.4. The first kappa shape index (κ1) is 22.1. The van der Waals surface area contributed by atoms with Crippen molar-refractivity contribution >= 4 is 5.82 Å². The van der Waals surface area contributed by atoms with Crippen molar-refractivity contribution in [3.8, 4) is 28.1 Å². The lowest BCUT2D eigenvalue weighted by Gasteiger charge is -2.21. The number of fused-ring (bicyclic) bond motifs is 7. The predicted octanol–water partition coefficient (Wildman–Crippen LogP) is 4.63. The Labute approximate surface area is 196 Å². The zero-order chi connectivity index (χ0) is 24.1. The van der Waals surface area contributed by atoms with Crippen molar-refractivity contribution in [2.45, 2.75) is 39.2 Å². The molecule has 5 rings (SSSR count). The standard InChI is InChI=1S/C25H26F2N6O/c1-13-5-6-17-18(7-13)14(2)34-21-9-15(11-29-25(21)28)23-19(10-22(26)27)30-33(4)20(23)8-16-12-32(3)31-24(16)17/h5-7,9,11-12,14,22H,8,10H2,1-4H3,(H2,28,29)/t14-/m1/s1. The van der Waals surface area contributed by atoms with Crippen LogP contribution in [0.2, 0.25) is 0 Å². The molecule has 1 atom stereocenters. The molecule has 9 heteroatoms. The topological polar surface area (TPSA) is 83.8 Å². The minimum absolute atomic E-state index is 0.237. The molecule has 7 nitrogen and oxygen atoms in total. The first-order valence-electron chi connectivity index (χ1n) is 11.1. The summed E-state index contributed by atoms with van der Waals surface area (Å²) >= 11 is 0. The molecule has 1 aliphatic rings. The molecule has 0 amide bonds. The van der Waals surface area contributed by atoms with Crippen molar-refractivity contribution in [3.63, 3.8) is 0 Å². The number of nitrogen functional groups attached to an aromatic ring is 1. The second-order valence-electron chi connectivity index (χ2n) is 8.80. The molecule has 1 aromatic carbocycles. The lowest BCUT2D eigenvalue weighted by Crippen LogP contribution is -2.09. The zero-order valence-corrected chi connectivity index (χ0v) is 19.5. The smallest absolute Gasteiger partial charge is 0.244 e. The molecular formula is C25H26F2N6O. The Bertz CT molecular complexity index is 1390. The van der Waals surface area contributed by atoms with Gasteiger partial charge in [0.25, 0.3) is 0 Å². The van der Waals surface area contributed by atoms with E-state index < -0.39 is 12.8 Å². The molecule has 2 N–H and O–H groups in total. The number of ether oxygens (including phenoxy) is 1. The maximum Gasteiger partial charge on any atom is 0.244 e. The summed E-state index contributed by atoms with van der Waals surface area (Å²) in [6.45, 7) is 3.99. The van der Waals surface area contributed by atoms with Crippen LogP contribution in [-0.4, -0.2) is 31.0 Å². The number of hydrogen-bond acceptors (Lipinski definition) is 5. The van der Waals surface area contributed by atoms with E-state index in [-0.39, 0.29) is 11.9 Å². The van der Waals surface area contributed by atoms with Crippen LogP contribution in [-0.2, 0) is 26.9 Å². The van der Waals surface area contributed by atoms with Gasteiger partial charge in [-0.05, 0) is 19.9 Å². The SMILES string of the molecule is Cc1ccc2c(c1)[C@@H](C)Oc1cc(cnc1N)-c1c(CC(F)F)nn(C)c1Cc1cn(C)nc1-2. The van der Waals surface area contributed by atoms with Gasteiger partial charge in [0.1, 0.15) is 6.10 Å². The first-order valence-corrected chi connectivity index (χ1v) is 11.1. The van der Waals surface area contributed by atoms with Crippen LogP contribution in [0.25, 0.3) is 22.4 Å². The first-order chi connectivity index (χ1) is 16.2. The van der Waals surface area contributed by atoms with E-state index in [0.717, 1.165) is 33.6 Å². The van der Waals surface area contributed by atoms with Crippen LogP contribution in [0.4, 0.5) is 14.6 Å². The van der Waals surface area contributed by atoms with E-state index in [1.807, 2.05) is 39.2 Å². The second-order valence-corrected chi connectivity index (χ2v) is 8.80. The van der Waals surface area contributed by atoms with Crippen molar-refractivity contribution < 1.29 is 13.5 Å². The van der Waals surface area contributed by atoms with E-state index in [1.165, 1.54) is 0 Å². The number of rotatable bonds is 2. The maximum atomic E-state index is 13.5. The van der Waals surface area contributed by atoms with Gasteiger partial charge in [0.2, 0.25) is 6.43 Å². The van der Waals surface area contributed by atoms with E-state index in [9.17, 15) is 8.78 Å². The van der Waals surface area contributed by atoms with Gasteiger partial charge in [-0.25, -0.2) is 13.8 Å². The highest BCUT2D eigenvalue weighted by Crippen LogP contribution is 2.39. The van der Waals surface area contributed by atoms with E-state index in [4.69, 9.17) is 15.6 Å². The Balaban J connectivity index is 1.81. The van der Waals surface area contributed by atoms with Gasteiger partial charge in [0, 0.05) is 60.7 Å². The number of anilines is 1. The molecule has 34 heavy (non-hydrogen) atoms. The molecule has 0 unspecified atom stereocenters. The van der Waals surface area contributed by atoms with Gasteiger partial charge in [-0.15, -0.1) is 0 Å². The van der Waals surface area contributed by atoms with Crippen LogP contribution in [0.5, 0.6) is 5.75 Å². The monoisotopic (exact) mass is 464 g/mol. The molecule has 0 saturated heterocycles. The lowest BCUT2D eigenvalue weighted by molar-refractivity contribution is 0.148. The fraction of sp³-hybridized carbons (Fsp3) is 0.320. The molecule has 1 aliphatic heterocycles. The third-order valence-corrected chi connectivity index (χ3v) is 6.22. The molecule has 2 bridgehead atoms. The zero-order valence-electron chi connectivity index (χ0n) is 19.5. The van der Waals surface area contributed by atoms with Gasteiger partial charge in [-0.2, -0.15) is 10.2 Å². The van der Waals surface area contributed by atoms with Gasteiger partial charge in [-0.3, -0.25) is 9.36 Å². The van der Waals surface area contributed by atoms with Crippen molar-refractivity contribution in [2.75, 3.05) is 5.73 Å². The summed E-state index contributed by atoms with van der Waals surface area (Å²) in [7, 11) is 3.65. The number of nitrogens with zero attached hydrogens (tertiary/aromatic N) is 5. The van der Waals surface area contributed by atoms with Crippen molar-refractivity contribution in [1.82, 2.24) is 24.5 Å². The van der Waals surface area contributed by atoms with Crippen molar-refractivity contribution in [2.24, 2.45) is 14.1 Å². The Hall–Kier alpha value is -3.75. The van der Waals surface area contributed by atoms with Crippen molar-refractivity contribution in [3.05, 3.63) is 64.7 Å². The summed E-state index contributed by atoms with van der Waals surface area (Å²) in [5, 5.41) is 9.22. The van der Waals surface area contributed by atoms with E-state index in [0.29, 0.717) is 29.0 Å². The minimum Gasteiger partial charge on any atom is -0.482 e. The quantitative estimate of drug-likeness (QED) is 0.468. The fourth-order valence-corrected chi connectivity index (χ4v) is 4.69. The number of aromatic nitrogens is 5. The number of halogens is 2. The average molecular weight is 465 g/mol. The molecule has 0 fully saturated rings. The summed E-state index contributed by atoms with van der Waals surface area (Å²) in [4.78, 5) is 4.33. The second kappa shape index (κ2) is 8.23. The molecule has 4 heterocycles. The Morgan fingerprint density at radius 2 is 2.00 bits per heavy atom. The normalized spacial score (nSPS) is 15.1. The highest BCUT2D eigenvalue weighted by molar-refractivity contribution is 5.74. The molecule has 0 aliphatic carbocycles. The van der Waals surface area contributed by atoms with Crippen LogP contribution in [0.1, 0.15) is 41.1 Å². The average Bonchev–Trinajstić information content (AvgIpc) is 3.27. The summed E-state index contributed by atoms with van der Waals surface area (Å²) in [6.07, 6.45) is 0.692. The highest BCUT2D eigenvalue weighted by atomic mass is 19.3. The fourth-order valence-electron chi connectivity index (χ4n) is 4.69. The van der Waals surface area contributed by atoms with Crippen LogP contribution in [0.15, 0.2) is 36.7 Å². The van der Waals surface area contributed by atoms with Crippen LogP contribution in [0.3, 0.4) is 0 Å². The van der Waals surface area contributed by atoms with Gasteiger partial charge in [-0.1, -0.05) is 23.8 Å². The Kier molecular flexibility index (Phi) is 5.34. The number of pyridine rings is 1. The van der Waals surface area contributed by atoms with E-state index in [1.54, 1.807) is 28.7 Å². The molecule has 0 saturated carbocycles. The molecule has 3 aromatic heterocycles. The van der Waals surface area contributed by atoms with E-state index >= 15 is 0 Å². The largest absolute Gasteiger partial charge is 0.482 e. The lowest BCUT2D eigenvalue weighted by atomic mass is 9.93. The highest BCUT2D eigenvalue weighted by Gasteiger charge is 2.26. The van der Waals surface area contributed by atoms with Gasteiger partial charge < -0.3 is 10.5 Å². The molecule has 4 aromatic rings. The molecular weight excluding hydrogens is 438 g/mol. The predicted molar refractivity (Wildman–Crippen MR) is 126 cm³/mol. The van der Waals surface area contributed by atoms with Crippen LogP contribution < -0.4 is 10.5 Å². The maximum absolute atomic E-state index is 13.5. The number of benzene rings is 1. The molecule has 0 radical (unpaired) electrons. The van der Waals surface area contributed by atoms with Gasteiger partial charge >= 0.3 is 0 Å². The van der Waals surface area contributed by atoms with Gasteiger partial charge in [0.05, 0.1) is 23.5 Å². The Morgan fingerprint density at radius 3 is 2.76 bits per heavy atom. The summed E-state index contributed by atoms with van der Waals surface area (Å²) in [5.74, 6) is 0.637. The van der Waals surface area contributed by atoms with Gasteiger partial charge in [0.15, 0.2) is 11.6 Å². The van der Waals surface area contributed by atoms with Crippen LogP contribution in [0, 0.1) is 6.92 Å². The third kappa shape index (κ3) is 3.81. The minimum atomic E-state index is -2.53.